The third-order valence-electron chi connectivity index (χ3n) is 3.05. The van der Waals surface area contributed by atoms with E-state index in [2.05, 4.69) is 4.74 Å². The van der Waals surface area contributed by atoms with Crippen molar-refractivity contribution in [2.24, 2.45) is 0 Å². The molecule has 0 bridgehead atoms. The lowest BCUT2D eigenvalue weighted by atomic mass is 10.2. The Morgan fingerprint density at radius 3 is 2.47 bits per heavy atom. The maximum absolute atomic E-state index is 12.1. The molecular formula is C11H18N2O6. The van der Waals surface area contributed by atoms with Crippen LogP contribution in [-0.2, 0) is 19.1 Å². The number of methoxy groups -OCH3 is 2. The molecule has 1 saturated heterocycles. The molecule has 1 rings (SSSR count). The number of likely N-dealkylation sites (tertiary alicyclic amines) is 1. The third kappa shape index (κ3) is 3.57. The number of urea groups is 1. The second-order valence-corrected chi connectivity index (χ2v) is 4.31. The fourth-order valence-corrected chi connectivity index (χ4v) is 1.96. The van der Waals surface area contributed by atoms with Gasteiger partial charge in [0.1, 0.15) is 12.6 Å². The zero-order valence-corrected chi connectivity index (χ0v) is 11.2. The van der Waals surface area contributed by atoms with Gasteiger partial charge >= 0.3 is 18.0 Å². The fraction of sp³-hybridized carbons (Fsp3) is 0.727. The van der Waals surface area contributed by atoms with E-state index in [9.17, 15) is 14.4 Å². The number of hydrogen-bond donors (Lipinski definition) is 1. The van der Waals surface area contributed by atoms with Gasteiger partial charge < -0.3 is 24.4 Å². The highest BCUT2D eigenvalue weighted by Gasteiger charge is 2.41. The fourth-order valence-electron chi connectivity index (χ4n) is 1.96. The smallest absolute Gasteiger partial charge is 0.326 e. The minimum atomic E-state index is -1.08. The summed E-state index contributed by atoms with van der Waals surface area (Å²) in [4.78, 5) is 36.6. The van der Waals surface area contributed by atoms with Crippen LogP contribution in [0.3, 0.4) is 0 Å². The number of rotatable bonds is 4. The van der Waals surface area contributed by atoms with Gasteiger partial charge in [-0.25, -0.2) is 9.59 Å². The Kier molecular flexibility index (Phi) is 5.11. The molecular weight excluding hydrogens is 256 g/mol. The molecule has 0 aromatic rings. The van der Waals surface area contributed by atoms with Crippen LogP contribution in [0, 0.1) is 0 Å². The van der Waals surface area contributed by atoms with E-state index in [4.69, 9.17) is 9.84 Å². The summed E-state index contributed by atoms with van der Waals surface area (Å²) in [7, 11) is 4.10. The molecule has 0 aliphatic carbocycles. The number of amides is 2. The lowest BCUT2D eigenvalue weighted by Gasteiger charge is -2.26. The van der Waals surface area contributed by atoms with Gasteiger partial charge in [0.05, 0.1) is 13.2 Å². The number of nitrogens with zero attached hydrogens (tertiary/aromatic N) is 2. The molecule has 1 aliphatic heterocycles. The largest absolute Gasteiger partial charge is 0.480 e. The summed E-state index contributed by atoms with van der Waals surface area (Å²) >= 11 is 0. The number of esters is 1. The topological polar surface area (TPSA) is 96.4 Å². The number of ether oxygens (including phenoxy) is 2. The predicted molar refractivity (Wildman–Crippen MR) is 63.6 cm³/mol. The number of carbonyl (C=O) groups is 3. The summed E-state index contributed by atoms with van der Waals surface area (Å²) in [5.74, 6) is -1.65. The summed E-state index contributed by atoms with van der Waals surface area (Å²) in [6.45, 7) is -0.0341. The summed E-state index contributed by atoms with van der Waals surface area (Å²) in [5, 5.41) is 9.10. The molecule has 0 aromatic carbocycles. The van der Waals surface area contributed by atoms with Crippen LogP contribution in [-0.4, -0.2) is 79.4 Å². The van der Waals surface area contributed by atoms with Gasteiger partial charge in [-0.15, -0.1) is 0 Å². The molecule has 2 unspecified atom stereocenters. The number of carboxylic acid groups (broad SMARTS) is 1. The lowest BCUT2D eigenvalue weighted by molar-refractivity contribution is -0.141. The van der Waals surface area contributed by atoms with Crippen LogP contribution in [0.4, 0.5) is 4.79 Å². The Hall–Kier alpha value is -1.83. The van der Waals surface area contributed by atoms with Crippen molar-refractivity contribution in [3.8, 4) is 0 Å². The van der Waals surface area contributed by atoms with Crippen LogP contribution in [0.2, 0.25) is 0 Å². The first-order valence-corrected chi connectivity index (χ1v) is 5.74. The van der Waals surface area contributed by atoms with E-state index in [1.807, 2.05) is 0 Å². The first-order chi connectivity index (χ1) is 8.90. The molecule has 1 N–H and O–H groups in total. The third-order valence-corrected chi connectivity index (χ3v) is 3.05. The van der Waals surface area contributed by atoms with Gasteiger partial charge in [0.25, 0.3) is 0 Å². The maximum Gasteiger partial charge on any atom is 0.326 e. The van der Waals surface area contributed by atoms with Gasteiger partial charge in [0, 0.05) is 27.1 Å². The van der Waals surface area contributed by atoms with Crippen molar-refractivity contribution in [1.29, 1.82) is 0 Å². The van der Waals surface area contributed by atoms with Crippen LogP contribution >= 0.6 is 0 Å². The molecule has 1 aliphatic rings. The van der Waals surface area contributed by atoms with Crippen molar-refractivity contribution in [2.45, 2.75) is 18.6 Å². The Balaban J connectivity index is 2.73. The Labute approximate surface area is 110 Å². The summed E-state index contributed by atoms with van der Waals surface area (Å²) in [6, 6.07) is -1.46. The van der Waals surface area contributed by atoms with E-state index in [0.29, 0.717) is 0 Å². The number of likely N-dealkylation sites (N-methyl/N-ethyl adjacent to an activating group) is 1. The molecule has 2 amide bonds. The molecule has 1 fully saturated rings. The molecule has 19 heavy (non-hydrogen) atoms. The van der Waals surface area contributed by atoms with Gasteiger partial charge in [0.15, 0.2) is 0 Å². The van der Waals surface area contributed by atoms with Crippen molar-refractivity contribution >= 4 is 18.0 Å². The molecule has 8 nitrogen and oxygen atoms in total. The van der Waals surface area contributed by atoms with E-state index < -0.39 is 24.0 Å². The van der Waals surface area contributed by atoms with Crippen LogP contribution < -0.4 is 0 Å². The zero-order chi connectivity index (χ0) is 14.6. The SMILES string of the molecule is COC(=O)CN(C)C(=O)N1CC(OC)CC1C(=O)O. The number of carboxylic acids is 1. The van der Waals surface area contributed by atoms with Crippen molar-refractivity contribution < 1.29 is 29.0 Å². The van der Waals surface area contributed by atoms with Crippen molar-refractivity contribution in [3.05, 3.63) is 0 Å². The van der Waals surface area contributed by atoms with Gasteiger partial charge in [-0.3, -0.25) is 4.79 Å². The first kappa shape index (κ1) is 15.2. The molecule has 108 valence electrons. The van der Waals surface area contributed by atoms with Crippen LogP contribution in [0.5, 0.6) is 0 Å². The van der Waals surface area contributed by atoms with Gasteiger partial charge in [-0.05, 0) is 0 Å². The minimum Gasteiger partial charge on any atom is -0.480 e. The van der Waals surface area contributed by atoms with Crippen molar-refractivity contribution in [3.63, 3.8) is 0 Å². The highest BCUT2D eigenvalue weighted by molar-refractivity contribution is 5.85. The van der Waals surface area contributed by atoms with Gasteiger partial charge in [-0.2, -0.15) is 0 Å². The van der Waals surface area contributed by atoms with Crippen LogP contribution in [0.1, 0.15) is 6.42 Å². The Morgan fingerprint density at radius 2 is 2.00 bits per heavy atom. The van der Waals surface area contributed by atoms with E-state index in [-0.39, 0.29) is 25.6 Å². The Bertz CT molecular complexity index is 372. The van der Waals surface area contributed by atoms with Crippen LogP contribution in [0.15, 0.2) is 0 Å². The molecule has 0 radical (unpaired) electrons. The lowest BCUT2D eigenvalue weighted by Crippen LogP contribution is -2.48. The second kappa shape index (κ2) is 6.37. The average molecular weight is 274 g/mol. The van der Waals surface area contributed by atoms with Gasteiger partial charge in [-0.1, -0.05) is 0 Å². The number of hydrogen-bond acceptors (Lipinski definition) is 5. The summed E-state index contributed by atoms with van der Waals surface area (Å²) in [5.41, 5.74) is 0. The average Bonchev–Trinajstić information content (AvgIpc) is 2.81. The zero-order valence-electron chi connectivity index (χ0n) is 11.2. The highest BCUT2D eigenvalue weighted by Crippen LogP contribution is 2.21. The van der Waals surface area contributed by atoms with Gasteiger partial charge in [0.2, 0.25) is 0 Å². The monoisotopic (exact) mass is 274 g/mol. The maximum atomic E-state index is 12.1. The molecule has 8 heteroatoms. The number of aliphatic carboxylic acids is 1. The number of carbonyl (C=O) groups excluding carboxylic acids is 2. The quantitative estimate of drug-likeness (QED) is 0.687. The molecule has 0 aromatic heterocycles. The van der Waals surface area contributed by atoms with E-state index >= 15 is 0 Å². The highest BCUT2D eigenvalue weighted by atomic mass is 16.5. The van der Waals surface area contributed by atoms with Crippen LogP contribution in [0.25, 0.3) is 0 Å². The van der Waals surface area contributed by atoms with E-state index in [1.165, 1.54) is 26.2 Å². The molecule has 1 heterocycles. The second-order valence-electron chi connectivity index (χ2n) is 4.31. The molecule has 0 spiro atoms. The van der Waals surface area contributed by atoms with E-state index in [0.717, 1.165) is 4.90 Å². The summed E-state index contributed by atoms with van der Waals surface area (Å²) in [6.07, 6.45) is -0.0690. The van der Waals surface area contributed by atoms with E-state index in [1.54, 1.807) is 0 Å². The van der Waals surface area contributed by atoms with Crippen molar-refractivity contribution in [1.82, 2.24) is 9.80 Å². The molecule has 2 atom stereocenters. The molecule has 0 saturated carbocycles. The summed E-state index contributed by atoms with van der Waals surface area (Å²) < 4.78 is 9.54. The normalized spacial score (nSPS) is 22.2. The van der Waals surface area contributed by atoms with Crippen molar-refractivity contribution in [2.75, 3.05) is 34.4 Å². The predicted octanol–water partition coefficient (Wildman–Crippen LogP) is -0.615. The standard InChI is InChI=1S/C11H18N2O6/c1-12(6-9(14)19-3)11(17)13-5-7(18-2)4-8(13)10(15)16/h7-8H,4-6H2,1-3H3,(H,15,16). The Morgan fingerprint density at radius 1 is 1.37 bits per heavy atom. The first-order valence-electron chi connectivity index (χ1n) is 5.74. The minimum absolute atomic E-state index is 0.192.